The van der Waals surface area contributed by atoms with E-state index in [0.717, 1.165) is 5.69 Å². The number of hydrogen-bond acceptors (Lipinski definition) is 3. The molecule has 4 heteroatoms. The van der Waals surface area contributed by atoms with Gasteiger partial charge in [-0.3, -0.25) is 0 Å². The number of aliphatic hydroxyl groups is 1. The fourth-order valence-corrected chi connectivity index (χ4v) is 2.28. The minimum Gasteiger partial charge on any atom is -0.478 e. The molecule has 1 aromatic carbocycles. The predicted molar refractivity (Wildman–Crippen MR) is 65.4 cm³/mol. The number of rotatable bonds is 2. The summed E-state index contributed by atoms with van der Waals surface area (Å²) in [7, 11) is 0. The molecule has 0 amide bonds. The highest BCUT2D eigenvalue weighted by atomic mass is 16.4. The quantitative estimate of drug-likeness (QED) is 0.817. The summed E-state index contributed by atoms with van der Waals surface area (Å²) in [4.78, 5) is 13.2. The Balaban J connectivity index is 2.25. The van der Waals surface area contributed by atoms with E-state index in [2.05, 4.69) is 0 Å². The van der Waals surface area contributed by atoms with Gasteiger partial charge < -0.3 is 15.1 Å². The van der Waals surface area contributed by atoms with Crippen molar-refractivity contribution in [3.8, 4) is 0 Å². The maximum absolute atomic E-state index is 11.1. The molecule has 1 fully saturated rings. The fourth-order valence-electron chi connectivity index (χ4n) is 2.28. The topological polar surface area (TPSA) is 60.8 Å². The number of para-hydroxylation sites is 1. The molecule has 2 rings (SSSR count). The molecule has 0 aromatic heterocycles. The third-order valence-electron chi connectivity index (χ3n) is 3.34. The molecule has 2 atom stereocenters. The van der Waals surface area contributed by atoms with E-state index in [-0.39, 0.29) is 12.0 Å². The molecule has 17 heavy (non-hydrogen) atoms. The van der Waals surface area contributed by atoms with Crippen molar-refractivity contribution in [1.29, 1.82) is 0 Å². The maximum atomic E-state index is 11.1. The first-order chi connectivity index (χ1) is 8.09. The van der Waals surface area contributed by atoms with Crippen LogP contribution in [0, 0.1) is 5.92 Å². The number of carboxylic acids is 1. The van der Waals surface area contributed by atoms with Crippen LogP contribution in [-0.4, -0.2) is 35.4 Å². The summed E-state index contributed by atoms with van der Waals surface area (Å²) in [5.41, 5.74) is 1.08. The number of nitrogens with zero attached hydrogens (tertiary/aromatic N) is 1. The van der Waals surface area contributed by atoms with E-state index >= 15 is 0 Å². The van der Waals surface area contributed by atoms with Crippen molar-refractivity contribution in [2.24, 2.45) is 5.92 Å². The highest BCUT2D eigenvalue weighted by Gasteiger charge is 2.26. The number of hydrogen-bond donors (Lipinski definition) is 2. The first kappa shape index (κ1) is 11.9. The molecular weight excluding hydrogens is 218 g/mol. The highest BCUT2D eigenvalue weighted by Crippen LogP contribution is 2.26. The maximum Gasteiger partial charge on any atom is 0.337 e. The van der Waals surface area contributed by atoms with E-state index in [0.29, 0.717) is 25.1 Å². The highest BCUT2D eigenvalue weighted by molar-refractivity contribution is 5.94. The van der Waals surface area contributed by atoms with Crippen LogP contribution in [0.4, 0.5) is 5.69 Å². The van der Waals surface area contributed by atoms with Gasteiger partial charge in [0.05, 0.1) is 17.4 Å². The number of benzene rings is 1. The fraction of sp³-hybridized carbons (Fsp3) is 0.462. The molecule has 2 N–H and O–H groups in total. The second-order valence-electron chi connectivity index (χ2n) is 4.60. The van der Waals surface area contributed by atoms with E-state index in [9.17, 15) is 9.90 Å². The van der Waals surface area contributed by atoms with Crippen molar-refractivity contribution in [2.75, 3.05) is 18.0 Å². The standard InChI is InChI=1S/C13H17NO3/c1-9-8-14(7-6-12(9)15)11-5-3-2-4-10(11)13(16)17/h2-5,9,12,15H,6-8H2,1H3,(H,16,17)/t9-,12-/m1/s1. The molecule has 1 aliphatic heterocycles. The van der Waals surface area contributed by atoms with E-state index in [1.54, 1.807) is 12.1 Å². The van der Waals surface area contributed by atoms with E-state index in [1.165, 1.54) is 0 Å². The molecule has 1 heterocycles. The Labute approximate surface area is 100 Å². The van der Waals surface area contributed by atoms with Gasteiger partial charge in [0, 0.05) is 13.1 Å². The SMILES string of the molecule is C[C@@H]1CN(c2ccccc2C(=O)O)CC[C@H]1O. The monoisotopic (exact) mass is 235 g/mol. The Morgan fingerprint density at radius 1 is 1.41 bits per heavy atom. The van der Waals surface area contributed by atoms with Crippen LogP contribution < -0.4 is 4.90 Å². The zero-order valence-electron chi connectivity index (χ0n) is 9.84. The molecule has 1 aromatic rings. The lowest BCUT2D eigenvalue weighted by atomic mass is 9.95. The number of carbonyl (C=O) groups is 1. The molecule has 0 saturated carbocycles. The first-order valence-corrected chi connectivity index (χ1v) is 5.85. The van der Waals surface area contributed by atoms with Crippen LogP contribution in [-0.2, 0) is 0 Å². The summed E-state index contributed by atoms with van der Waals surface area (Å²) in [6, 6.07) is 7.02. The van der Waals surface area contributed by atoms with E-state index in [4.69, 9.17) is 5.11 Å². The van der Waals surface area contributed by atoms with Crippen molar-refractivity contribution in [1.82, 2.24) is 0 Å². The Morgan fingerprint density at radius 2 is 2.12 bits per heavy atom. The van der Waals surface area contributed by atoms with Gasteiger partial charge in [0.2, 0.25) is 0 Å². The lowest BCUT2D eigenvalue weighted by Crippen LogP contribution is -2.42. The lowest BCUT2D eigenvalue weighted by molar-refractivity contribution is 0.0696. The normalized spacial score (nSPS) is 24.7. The van der Waals surface area contributed by atoms with Crippen LogP contribution in [0.3, 0.4) is 0 Å². The van der Waals surface area contributed by atoms with Gasteiger partial charge in [-0.2, -0.15) is 0 Å². The van der Waals surface area contributed by atoms with Gasteiger partial charge in [-0.25, -0.2) is 4.79 Å². The second-order valence-corrected chi connectivity index (χ2v) is 4.60. The molecule has 1 saturated heterocycles. The predicted octanol–water partition coefficient (Wildman–Crippen LogP) is 1.59. The molecule has 0 spiro atoms. The molecule has 4 nitrogen and oxygen atoms in total. The van der Waals surface area contributed by atoms with Gasteiger partial charge in [0.25, 0.3) is 0 Å². The summed E-state index contributed by atoms with van der Waals surface area (Å²) in [6.45, 7) is 3.39. The Morgan fingerprint density at radius 3 is 2.76 bits per heavy atom. The molecule has 0 aliphatic carbocycles. The smallest absolute Gasteiger partial charge is 0.337 e. The second kappa shape index (κ2) is 4.75. The summed E-state index contributed by atoms with van der Waals surface area (Å²) in [6.07, 6.45) is 0.415. The van der Waals surface area contributed by atoms with Crippen molar-refractivity contribution in [3.63, 3.8) is 0 Å². The molecule has 0 unspecified atom stereocenters. The van der Waals surface area contributed by atoms with Crippen molar-refractivity contribution in [2.45, 2.75) is 19.4 Å². The van der Waals surface area contributed by atoms with Gasteiger partial charge in [-0.1, -0.05) is 19.1 Å². The Bertz CT molecular complexity index is 419. The zero-order chi connectivity index (χ0) is 12.4. The van der Waals surface area contributed by atoms with Crippen molar-refractivity contribution < 1.29 is 15.0 Å². The Hall–Kier alpha value is -1.55. The molecule has 0 radical (unpaired) electrons. The number of carboxylic acid groups (broad SMARTS) is 1. The van der Waals surface area contributed by atoms with E-state index in [1.807, 2.05) is 24.0 Å². The number of aromatic carboxylic acids is 1. The van der Waals surface area contributed by atoms with Crippen LogP contribution in [0.25, 0.3) is 0 Å². The van der Waals surface area contributed by atoms with Gasteiger partial charge in [0.15, 0.2) is 0 Å². The number of aliphatic hydroxyl groups excluding tert-OH is 1. The van der Waals surface area contributed by atoms with E-state index < -0.39 is 5.97 Å². The van der Waals surface area contributed by atoms with Gasteiger partial charge in [0.1, 0.15) is 0 Å². The van der Waals surface area contributed by atoms with Gasteiger partial charge in [-0.05, 0) is 24.5 Å². The Kier molecular flexibility index (Phi) is 3.33. The molecule has 1 aliphatic rings. The first-order valence-electron chi connectivity index (χ1n) is 5.85. The average molecular weight is 235 g/mol. The minimum atomic E-state index is -0.903. The van der Waals surface area contributed by atoms with Crippen LogP contribution >= 0.6 is 0 Å². The summed E-state index contributed by atoms with van der Waals surface area (Å²) >= 11 is 0. The van der Waals surface area contributed by atoms with Crippen LogP contribution in [0.2, 0.25) is 0 Å². The molecular formula is C13H17NO3. The lowest BCUT2D eigenvalue weighted by Gasteiger charge is -2.36. The minimum absolute atomic E-state index is 0.172. The third kappa shape index (κ3) is 2.42. The van der Waals surface area contributed by atoms with Crippen LogP contribution in [0.5, 0.6) is 0 Å². The van der Waals surface area contributed by atoms with Gasteiger partial charge >= 0.3 is 5.97 Å². The van der Waals surface area contributed by atoms with Gasteiger partial charge in [-0.15, -0.1) is 0 Å². The average Bonchev–Trinajstić information content (AvgIpc) is 2.32. The summed E-state index contributed by atoms with van der Waals surface area (Å²) in [5, 5.41) is 18.8. The molecule has 0 bridgehead atoms. The van der Waals surface area contributed by atoms with Crippen LogP contribution in [0.1, 0.15) is 23.7 Å². The number of anilines is 1. The van der Waals surface area contributed by atoms with Crippen molar-refractivity contribution in [3.05, 3.63) is 29.8 Å². The zero-order valence-corrected chi connectivity index (χ0v) is 9.84. The summed E-state index contributed by atoms with van der Waals surface area (Å²) in [5.74, 6) is -0.732. The largest absolute Gasteiger partial charge is 0.478 e. The number of piperidine rings is 1. The van der Waals surface area contributed by atoms with Crippen LogP contribution in [0.15, 0.2) is 24.3 Å². The van der Waals surface area contributed by atoms with Crippen molar-refractivity contribution >= 4 is 11.7 Å². The third-order valence-corrected chi connectivity index (χ3v) is 3.34. The molecule has 92 valence electrons. The summed E-state index contributed by atoms with van der Waals surface area (Å²) < 4.78 is 0.